The minimum absolute atomic E-state index is 0.188. The molecule has 4 rings (SSSR count). The zero-order chi connectivity index (χ0) is 28.3. The van der Waals surface area contributed by atoms with Crippen molar-refractivity contribution in [3.8, 4) is 0 Å². The van der Waals surface area contributed by atoms with Gasteiger partial charge in [-0.15, -0.1) is 0 Å². The number of ether oxygens (including phenoxy) is 1. The number of hydrogen-bond acceptors (Lipinski definition) is 5. The van der Waals surface area contributed by atoms with E-state index in [-0.39, 0.29) is 30.9 Å². The lowest BCUT2D eigenvalue weighted by molar-refractivity contribution is -0.134. The minimum atomic E-state index is -1.03. The predicted octanol–water partition coefficient (Wildman–Crippen LogP) is 6.22. The van der Waals surface area contributed by atoms with Gasteiger partial charge in [-0.1, -0.05) is 65.2 Å². The van der Waals surface area contributed by atoms with Gasteiger partial charge in [-0.2, -0.15) is 0 Å². The fraction of sp³-hybridized carbons (Fsp3) is 0.484. The highest BCUT2D eigenvalue weighted by atomic mass is 16.5. The summed E-state index contributed by atoms with van der Waals surface area (Å²) in [6.45, 7) is 9.92. The van der Waals surface area contributed by atoms with Crippen LogP contribution in [0.5, 0.6) is 0 Å². The van der Waals surface area contributed by atoms with E-state index in [0.29, 0.717) is 24.1 Å². The number of hydrogen-bond donors (Lipinski definition) is 1. The molecule has 0 atom stereocenters. The van der Waals surface area contributed by atoms with E-state index < -0.39 is 23.4 Å². The lowest BCUT2D eigenvalue weighted by atomic mass is 9.80. The van der Waals surface area contributed by atoms with Crippen LogP contribution < -0.4 is 10.2 Å². The standard InChI is InChI=1S/C31H39N3O5/c1-6-39-28(36)22-13-15-23(16-14-22)34-30(38)33(29(37)31(34)17-8-7-9-18-31)19-26(35)32-27-24(20(2)3)11-10-12-25(27)21(4)5/h10-16,20-21H,6-9,17-19H2,1-5H3,(H,32,35). The summed E-state index contributed by atoms with van der Waals surface area (Å²) in [5, 5.41) is 3.03. The average molecular weight is 534 g/mol. The Balaban J connectivity index is 1.63. The van der Waals surface area contributed by atoms with E-state index in [4.69, 9.17) is 4.74 Å². The molecule has 0 unspecified atom stereocenters. The highest BCUT2D eigenvalue weighted by Crippen LogP contribution is 2.43. The van der Waals surface area contributed by atoms with Crippen LogP contribution in [-0.4, -0.2) is 47.4 Å². The van der Waals surface area contributed by atoms with Crippen molar-refractivity contribution in [2.75, 3.05) is 23.4 Å². The van der Waals surface area contributed by atoms with E-state index in [2.05, 4.69) is 33.0 Å². The summed E-state index contributed by atoms with van der Waals surface area (Å²) in [4.78, 5) is 55.8. The molecular formula is C31H39N3O5. The molecule has 2 aliphatic rings. The number of amides is 4. The molecule has 2 fully saturated rings. The van der Waals surface area contributed by atoms with Crippen molar-refractivity contribution in [1.82, 2.24) is 4.90 Å². The maximum absolute atomic E-state index is 13.9. The third kappa shape index (κ3) is 5.42. The van der Waals surface area contributed by atoms with Gasteiger partial charge in [0.1, 0.15) is 12.1 Å². The van der Waals surface area contributed by atoms with Gasteiger partial charge in [0.25, 0.3) is 5.91 Å². The summed E-state index contributed by atoms with van der Waals surface area (Å²) in [6, 6.07) is 12.0. The molecule has 8 nitrogen and oxygen atoms in total. The number of carbonyl (C=O) groups is 4. The Morgan fingerprint density at radius 3 is 2.05 bits per heavy atom. The van der Waals surface area contributed by atoms with Gasteiger partial charge in [-0.05, 0) is 67.0 Å². The monoisotopic (exact) mass is 533 g/mol. The van der Waals surface area contributed by atoms with E-state index in [9.17, 15) is 19.2 Å². The highest BCUT2D eigenvalue weighted by Gasteiger charge is 2.58. The first-order chi connectivity index (χ1) is 18.6. The van der Waals surface area contributed by atoms with Crippen LogP contribution >= 0.6 is 0 Å². The van der Waals surface area contributed by atoms with Gasteiger partial charge in [0.05, 0.1) is 12.2 Å². The largest absolute Gasteiger partial charge is 0.462 e. The smallest absolute Gasteiger partial charge is 0.338 e. The second kappa shape index (κ2) is 11.6. The Labute approximate surface area is 230 Å². The number of esters is 1. The number of benzene rings is 2. The lowest BCUT2D eigenvalue weighted by Gasteiger charge is -2.38. The first-order valence-corrected chi connectivity index (χ1v) is 14.0. The van der Waals surface area contributed by atoms with Crippen molar-refractivity contribution >= 4 is 35.2 Å². The maximum Gasteiger partial charge on any atom is 0.338 e. The number of nitrogens with zero attached hydrogens (tertiary/aromatic N) is 2. The topological polar surface area (TPSA) is 96.0 Å². The van der Waals surface area contributed by atoms with Crippen molar-refractivity contribution in [2.24, 2.45) is 0 Å². The van der Waals surface area contributed by atoms with E-state index >= 15 is 0 Å². The molecule has 1 N–H and O–H groups in total. The van der Waals surface area contributed by atoms with Gasteiger partial charge in [-0.25, -0.2) is 9.59 Å². The Morgan fingerprint density at radius 2 is 1.51 bits per heavy atom. The van der Waals surface area contributed by atoms with Crippen LogP contribution in [0, 0.1) is 0 Å². The number of carbonyl (C=O) groups excluding carboxylic acids is 4. The van der Waals surface area contributed by atoms with Crippen molar-refractivity contribution in [1.29, 1.82) is 0 Å². The Kier molecular flexibility index (Phi) is 8.42. The fourth-order valence-electron chi connectivity index (χ4n) is 5.79. The molecule has 2 aromatic rings. The third-order valence-corrected chi connectivity index (χ3v) is 7.75. The molecule has 1 aliphatic heterocycles. The fourth-order valence-corrected chi connectivity index (χ4v) is 5.79. The number of nitrogens with one attached hydrogen (secondary N) is 1. The molecule has 39 heavy (non-hydrogen) atoms. The first-order valence-electron chi connectivity index (χ1n) is 14.0. The average Bonchev–Trinajstić information content (AvgIpc) is 3.10. The van der Waals surface area contributed by atoms with Crippen molar-refractivity contribution in [3.63, 3.8) is 0 Å². The molecule has 8 heteroatoms. The molecule has 208 valence electrons. The van der Waals surface area contributed by atoms with Crippen LogP contribution in [-0.2, 0) is 14.3 Å². The zero-order valence-corrected chi connectivity index (χ0v) is 23.6. The summed E-state index contributed by atoms with van der Waals surface area (Å²) < 4.78 is 5.07. The molecule has 0 bridgehead atoms. The van der Waals surface area contributed by atoms with Crippen LogP contribution in [0.15, 0.2) is 42.5 Å². The van der Waals surface area contributed by atoms with E-state index in [1.165, 1.54) is 4.90 Å². The molecule has 1 aliphatic carbocycles. The molecule has 1 saturated heterocycles. The Morgan fingerprint density at radius 1 is 0.923 bits per heavy atom. The van der Waals surface area contributed by atoms with Crippen LogP contribution in [0.1, 0.15) is 100 Å². The quantitative estimate of drug-likeness (QED) is 0.321. The van der Waals surface area contributed by atoms with E-state index in [1.807, 2.05) is 18.2 Å². The summed E-state index contributed by atoms with van der Waals surface area (Å²) in [5.74, 6) is -0.809. The maximum atomic E-state index is 13.9. The molecule has 1 spiro atoms. The van der Waals surface area contributed by atoms with Gasteiger partial charge < -0.3 is 10.1 Å². The highest BCUT2D eigenvalue weighted by molar-refractivity contribution is 6.18. The molecule has 0 aromatic heterocycles. The number of para-hydroxylation sites is 1. The number of anilines is 2. The molecule has 2 aromatic carbocycles. The van der Waals surface area contributed by atoms with Crippen LogP contribution in [0.25, 0.3) is 0 Å². The predicted molar refractivity (Wildman–Crippen MR) is 151 cm³/mol. The van der Waals surface area contributed by atoms with Crippen LogP contribution in [0.4, 0.5) is 16.2 Å². The summed E-state index contributed by atoms with van der Waals surface area (Å²) in [7, 11) is 0. The minimum Gasteiger partial charge on any atom is -0.462 e. The summed E-state index contributed by atoms with van der Waals surface area (Å²) in [6.07, 6.45) is 3.68. The second-order valence-electron chi connectivity index (χ2n) is 11.0. The molecule has 4 amide bonds. The normalized spacial score (nSPS) is 16.9. The van der Waals surface area contributed by atoms with E-state index in [1.54, 1.807) is 31.2 Å². The molecule has 1 heterocycles. The Bertz CT molecular complexity index is 1220. The zero-order valence-electron chi connectivity index (χ0n) is 23.6. The third-order valence-electron chi connectivity index (χ3n) is 7.75. The molecular weight excluding hydrogens is 494 g/mol. The molecule has 0 radical (unpaired) electrons. The number of imide groups is 1. The SMILES string of the molecule is CCOC(=O)c1ccc(N2C(=O)N(CC(=O)Nc3c(C(C)C)cccc3C(C)C)C(=O)C23CCCCC3)cc1. The van der Waals surface area contributed by atoms with Gasteiger partial charge in [-0.3, -0.25) is 19.4 Å². The summed E-state index contributed by atoms with van der Waals surface area (Å²) >= 11 is 0. The van der Waals surface area contributed by atoms with Crippen LogP contribution in [0.2, 0.25) is 0 Å². The van der Waals surface area contributed by atoms with Crippen molar-refractivity contribution in [3.05, 3.63) is 59.2 Å². The first kappa shape index (κ1) is 28.3. The van der Waals surface area contributed by atoms with E-state index in [0.717, 1.165) is 41.0 Å². The van der Waals surface area contributed by atoms with Gasteiger partial charge in [0.15, 0.2) is 0 Å². The lowest BCUT2D eigenvalue weighted by Crippen LogP contribution is -2.51. The number of rotatable bonds is 8. The molecule has 1 saturated carbocycles. The van der Waals surface area contributed by atoms with Crippen molar-refractivity contribution in [2.45, 2.75) is 84.1 Å². The van der Waals surface area contributed by atoms with Gasteiger partial charge in [0.2, 0.25) is 5.91 Å². The summed E-state index contributed by atoms with van der Waals surface area (Å²) in [5.41, 5.74) is 2.66. The van der Waals surface area contributed by atoms with Gasteiger partial charge in [0, 0.05) is 11.4 Å². The van der Waals surface area contributed by atoms with Gasteiger partial charge >= 0.3 is 12.0 Å². The van der Waals surface area contributed by atoms with Crippen molar-refractivity contribution < 1.29 is 23.9 Å². The second-order valence-corrected chi connectivity index (χ2v) is 11.0. The number of urea groups is 1. The Hall–Kier alpha value is -3.68. The van der Waals surface area contributed by atoms with Crippen LogP contribution in [0.3, 0.4) is 0 Å².